The molecule has 0 spiro atoms. The third-order valence-electron chi connectivity index (χ3n) is 8.94. The number of amides is 2. The van der Waals surface area contributed by atoms with Crippen LogP contribution in [-0.2, 0) is 19.2 Å². The van der Waals surface area contributed by atoms with Gasteiger partial charge in [0.2, 0.25) is 11.8 Å². The number of fused-ring (bicyclic) bond motifs is 3. The quantitative estimate of drug-likeness (QED) is 0.174. The normalized spacial score (nSPS) is 24.4. The number of anilines is 2. The second-order valence-electron chi connectivity index (χ2n) is 11.6. The minimum Gasteiger partial charge on any atom is -0.508 e. The van der Waals surface area contributed by atoms with Gasteiger partial charge >= 0.3 is 11.4 Å². The summed E-state index contributed by atoms with van der Waals surface area (Å²) in [6.07, 6.45) is 3.22. The Labute approximate surface area is 250 Å². The summed E-state index contributed by atoms with van der Waals surface area (Å²) < 4.78 is 0. The van der Waals surface area contributed by atoms with Crippen LogP contribution >= 0.6 is 0 Å². The Balaban J connectivity index is 1.48. The second-order valence-corrected chi connectivity index (χ2v) is 11.6. The Bertz CT molecular complexity index is 1780. The van der Waals surface area contributed by atoms with Gasteiger partial charge in [0.25, 0.3) is 0 Å². The van der Waals surface area contributed by atoms with Crippen molar-refractivity contribution in [3.05, 3.63) is 96.6 Å². The van der Waals surface area contributed by atoms with Crippen LogP contribution in [0.3, 0.4) is 0 Å². The van der Waals surface area contributed by atoms with Gasteiger partial charge in [-0.3, -0.25) is 39.4 Å². The number of phenols is 1. The molecule has 44 heavy (non-hydrogen) atoms. The van der Waals surface area contributed by atoms with Crippen LogP contribution in [0.4, 0.5) is 22.7 Å². The first kappa shape index (κ1) is 28.6. The number of nitro groups is 2. The topological polar surface area (TPSA) is 181 Å². The molecule has 1 heterocycles. The van der Waals surface area contributed by atoms with Crippen molar-refractivity contribution in [2.45, 2.75) is 25.7 Å². The summed E-state index contributed by atoms with van der Waals surface area (Å²) in [5.41, 5.74) is 0.318. The predicted octanol–water partition coefficient (Wildman–Crippen LogP) is 3.91. The number of nitro benzene ring substituents is 2. The van der Waals surface area contributed by atoms with E-state index in [0.717, 1.165) is 17.0 Å². The third-order valence-corrected chi connectivity index (χ3v) is 8.94. The van der Waals surface area contributed by atoms with Crippen molar-refractivity contribution < 1.29 is 34.1 Å². The van der Waals surface area contributed by atoms with Crippen LogP contribution in [0.1, 0.15) is 31.2 Å². The van der Waals surface area contributed by atoms with Crippen LogP contribution < -0.4 is 9.80 Å². The van der Waals surface area contributed by atoms with Crippen molar-refractivity contribution in [1.82, 2.24) is 0 Å². The van der Waals surface area contributed by atoms with Crippen molar-refractivity contribution in [1.29, 1.82) is 0 Å². The summed E-state index contributed by atoms with van der Waals surface area (Å²) in [5, 5.41) is 33.8. The summed E-state index contributed by atoms with van der Waals surface area (Å²) in [4.78, 5) is 79.0. The van der Waals surface area contributed by atoms with Gasteiger partial charge in [-0.25, -0.2) is 4.90 Å². The minimum atomic E-state index is -0.974. The Morgan fingerprint density at radius 2 is 1.55 bits per heavy atom. The van der Waals surface area contributed by atoms with Crippen molar-refractivity contribution in [3.63, 3.8) is 0 Å². The molecular formula is C31H26N4O9. The molecule has 224 valence electrons. The number of ketones is 2. The molecule has 1 fully saturated rings. The fourth-order valence-corrected chi connectivity index (χ4v) is 7.12. The number of imide groups is 1. The molecule has 0 aromatic heterocycles. The Kier molecular flexibility index (Phi) is 6.56. The number of phenolic OH excluding ortho intramolecular Hbond substituents is 1. The highest BCUT2D eigenvalue weighted by atomic mass is 16.6. The maximum Gasteiger partial charge on any atom is 0.301 e. The highest BCUT2D eigenvalue weighted by Crippen LogP contribution is 2.56. The lowest BCUT2D eigenvalue weighted by Crippen LogP contribution is -2.39. The highest BCUT2D eigenvalue weighted by molar-refractivity contribution is 6.25. The van der Waals surface area contributed by atoms with Gasteiger partial charge in [-0.05, 0) is 49.5 Å². The molecule has 1 saturated heterocycles. The van der Waals surface area contributed by atoms with E-state index in [-0.39, 0.29) is 52.7 Å². The zero-order valence-electron chi connectivity index (χ0n) is 23.8. The number of hydrogen-bond donors (Lipinski definition) is 1. The van der Waals surface area contributed by atoms with Crippen molar-refractivity contribution in [2.75, 3.05) is 23.9 Å². The van der Waals surface area contributed by atoms with Crippen LogP contribution in [0.5, 0.6) is 5.75 Å². The van der Waals surface area contributed by atoms with Gasteiger partial charge in [0.1, 0.15) is 5.75 Å². The van der Waals surface area contributed by atoms with Gasteiger partial charge in [0.15, 0.2) is 17.3 Å². The number of nitrogens with zero attached hydrogens (tertiary/aromatic N) is 4. The van der Waals surface area contributed by atoms with Crippen LogP contribution in [0.2, 0.25) is 0 Å². The largest absolute Gasteiger partial charge is 0.508 e. The maximum atomic E-state index is 14.1. The number of carbonyl (C=O) groups excluding carboxylic acids is 4. The lowest BCUT2D eigenvalue weighted by Gasteiger charge is -2.42. The number of Topliss-reactive ketones (excluding diaryl/α,β-unsaturated/α-hetero) is 1. The van der Waals surface area contributed by atoms with Gasteiger partial charge in [0, 0.05) is 48.9 Å². The molecule has 6 rings (SSSR count). The molecule has 0 saturated carbocycles. The van der Waals surface area contributed by atoms with E-state index in [1.54, 1.807) is 19.1 Å². The standard InChI is InChI=1S/C31H26N4O9/c1-14-10-24(37)21-13-20-18(25(27(21)29(14)38)15-4-6-17(36)7-5-15)8-9-19-26(20)31(40)33(30(19)39)16-11-22(34(41)42)28(32(2)3)23(12-16)35(43)44/h4-8,10-12,19-20,25-26,36H,9,13H2,1-3H3/t19-,20+,25-,26-/m0/s1. The van der Waals surface area contributed by atoms with Gasteiger partial charge in [0.05, 0.1) is 27.4 Å². The van der Waals surface area contributed by atoms with E-state index in [2.05, 4.69) is 0 Å². The molecule has 0 bridgehead atoms. The average Bonchev–Trinajstić information content (AvgIpc) is 3.23. The lowest BCUT2D eigenvalue weighted by molar-refractivity contribution is -0.392. The third kappa shape index (κ3) is 4.14. The van der Waals surface area contributed by atoms with Crippen molar-refractivity contribution >= 4 is 46.1 Å². The van der Waals surface area contributed by atoms with E-state index in [1.165, 1.54) is 37.2 Å². The first-order chi connectivity index (χ1) is 20.8. The molecule has 3 aliphatic carbocycles. The molecule has 4 aliphatic rings. The molecule has 1 N–H and O–H groups in total. The van der Waals surface area contributed by atoms with Gasteiger partial charge in [-0.1, -0.05) is 23.8 Å². The number of allylic oxidation sites excluding steroid dienone is 6. The molecule has 1 aliphatic heterocycles. The number of rotatable bonds is 5. The summed E-state index contributed by atoms with van der Waals surface area (Å²) in [6.45, 7) is 1.56. The number of aromatic hydroxyl groups is 1. The smallest absolute Gasteiger partial charge is 0.301 e. The molecule has 0 unspecified atom stereocenters. The molecule has 2 amide bonds. The first-order valence-corrected chi connectivity index (χ1v) is 13.8. The SMILES string of the molecule is CC1=CC(=O)C2=C(C1=O)[C@@H](c1ccc(O)cc1)C1=CC[C@@H]3C(=O)N(c4cc([N+](=O)[O-])c(N(C)C)c([N+](=O)[O-])c4)C(=O)[C@@H]3[C@@H]1C2. The molecule has 0 radical (unpaired) electrons. The zero-order chi connectivity index (χ0) is 31.8. The van der Waals surface area contributed by atoms with Crippen LogP contribution in [0.25, 0.3) is 0 Å². The number of hydrogen-bond acceptors (Lipinski definition) is 10. The van der Waals surface area contributed by atoms with E-state index in [1.807, 2.05) is 6.08 Å². The maximum absolute atomic E-state index is 14.1. The van der Waals surface area contributed by atoms with Crippen LogP contribution in [0, 0.1) is 38.0 Å². The first-order valence-electron chi connectivity index (χ1n) is 13.8. The van der Waals surface area contributed by atoms with Crippen molar-refractivity contribution in [2.24, 2.45) is 17.8 Å². The van der Waals surface area contributed by atoms with Gasteiger partial charge < -0.3 is 10.0 Å². The van der Waals surface area contributed by atoms with Gasteiger partial charge in [-0.15, -0.1) is 0 Å². The molecule has 2 aromatic rings. The Hall–Kier alpha value is -5.46. The monoisotopic (exact) mass is 598 g/mol. The second kappa shape index (κ2) is 10.1. The lowest BCUT2D eigenvalue weighted by atomic mass is 9.59. The van der Waals surface area contributed by atoms with E-state index < -0.39 is 56.7 Å². The number of benzene rings is 2. The van der Waals surface area contributed by atoms with E-state index in [9.17, 15) is 44.5 Å². The molecule has 13 nitrogen and oxygen atoms in total. The fraction of sp³-hybridized carbons (Fsp3) is 0.290. The van der Waals surface area contributed by atoms with E-state index in [4.69, 9.17) is 0 Å². The molecule has 13 heteroatoms. The summed E-state index contributed by atoms with van der Waals surface area (Å²) >= 11 is 0. The zero-order valence-corrected chi connectivity index (χ0v) is 23.8. The summed E-state index contributed by atoms with van der Waals surface area (Å²) in [6, 6.07) is 8.19. The van der Waals surface area contributed by atoms with E-state index in [0.29, 0.717) is 16.7 Å². The van der Waals surface area contributed by atoms with Crippen LogP contribution in [0.15, 0.2) is 70.8 Å². The average molecular weight is 599 g/mol. The Morgan fingerprint density at radius 3 is 2.11 bits per heavy atom. The molecule has 2 aromatic carbocycles. The summed E-state index contributed by atoms with van der Waals surface area (Å²) in [5.74, 6) is -5.21. The highest BCUT2D eigenvalue weighted by Gasteiger charge is 2.57. The number of carbonyl (C=O) groups is 4. The molecular weight excluding hydrogens is 572 g/mol. The predicted molar refractivity (Wildman–Crippen MR) is 156 cm³/mol. The van der Waals surface area contributed by atoms with Crippen LogP contribution in [-0.4, -0.2) is 52.4 Å². The Morgan fingerprint density at radius 1 is 0.932 bits per heavy atom. The fourth-order valence-electron chi connectivity index (χ4n) is 7.12. The van der Waals surface area contributed by atoms with Crippen molar-refractivity contribution in [3.8, 4) is 5.75 Å². The van der Waals surface area contributed by atoms with Gasteiger partial charge in [-0.2, -0.15) is 0 Å². The minimum absolute atomic E-state index is 0.00538. The van der Waals surface area contributed by atoms with E-state index >= 15 is 0 Å². The molecule has 4 atom stereocenters. The summed E-state index contributed by atoms with van der Waals surface area (Å²) in [7, 11) is 2.82.